The Balaban J connectivity index is 3.90. The highest BCUT2D eigenvalue weighted by Crippen LogP contribution is 2.36. The normalized spacial score (nSPS) is 11.8. The van der Waals surface area contributed by atoms with Gasteiger partial charge in [0.25, 0.3) is 11.7 Å². The molecule has 110 valence electrons. The van der Waals surface area contributed by atoms with Crippen molar-refractivity contribution in [1.29, 1.82) is 0 Å². The molecule has 0 aromatic carbocycles. The van der Waals surface area contributed by atoms with E-state index in [1.165, 1.54) is 0 Å². The zero-order valence-corrected chi connectivity index (χ0v) is 10.3. The zero-order chi connectivity index (χ0) is 15.8. The Bertz CT molecular complexity index is 585. The van der Waals surface area contributed by atoms with Gasteiger partial charge in [0, 0.05) is 0 Å². The first-order chi connectivity index (χ1) is 8.98. The van der Waals surface area contributed by atoms with Crippen LogP contribution < -0.4 is 0 Å². The minimum absolute atomic E-state index is 0.780. The lowest BCUT2D eigenvalue weighted by molar-refractivity contribution is -0.142. The van der Waals surface area contributed by atoms with Crippen molar-refractivity contribution in [1.82, 2.24) is 4.98 Å². The van der Waals surface area contributed by atoms with E-state index >= 15 is 0 Å². The number of nitrogens with zero attached hydrogens (tertiary/aromatic N) is 1. The van der Waals surface area contributed by atoms with Crippen molar-refractivity contribution in [2.24, 2.45) is 0 Å². The predicted molar refractivity (Wildman–Crippen MR) is 56.1 cm³/mol. The summed E-state index contributed by atoms with van der Waals surface area (Å²) in [4.78, 5) is 24.5. The molecule has 10 heteroatoms. The Morgan fingerprint density at radius 3 is 2.05 bits per heavy atom. The van der Waals surface area contributed by atoms with Gasteiger partial charge in [-0.1, -0.05) is 0 Å². The van der Waals surface area contributed by atoms with Gasteiger partial charge in [-0.05, 0) is 24.1 Å². The maximum absolute atomic E-state index is 12.7. The molecule has 0 saturated carbocycles. The van der Waals surface area contributed by atoms with Crippen LogP contribution in [0.5, 0.6) is 0 Å². The topological polar surface area (TPSA) is 67.3 Å². The molecule has 1 aromatic heterocycles. The molecule has 0 aliphatic rings. The van der Waals surface area contributed by atoms with Gasteiger partial charge < -0.3 is 5.11 Å². The number of rotatable bonds is 3. The van der Waals surface area contributed by atoms with E-state index in [-0.39, 0.29) is 0 Å². The third-order valence-electron chi connectivity index (χ3n) is 2.36. The lowest BCUT2D eigenvalue weighted by atomic mass is 9.99. The fourth-order valence-corrected chi connectivity index (χ4v) is 1.84. The standard InChI is InChI=1S/C10H5ClF5NO3/c1-2-3(7(11)18)5(8(12)13)17-6(10(14,15)16)4(2)9(19)20/h8H,1H3,(H,19,20). The van der Waals surface area contributed by atoms with Crippen LogP contribution in [0.15, 0.2) is 0 Å². The Hall–Kier alpha value is -1.77. The first-order valence-electron chi connectivity index (χ1n) is 4.81. The molecule has 0 saturated heterocycles. The maximum Gasteiger partial charge on any atom is 0.434 e. The molecule has 1 heterocycles. The average molecular weight is 318 g/mol. The summed E-state index contributed by atoms with van der Waals surface area (Å²) in [5.41, 5.74) is -6.73. The van der Waals surface area contributed by atoms with Crippen LogP contribution in [0, 0.1) is 6.92 Å². The molecule has 1 rings (SSSR count). The van der Waals surface area contributed by atoms with E-state index in [9.17, 15) is 31.5 Å². The second-order valence-electron chi connectivity index (χ2n) is 3.60. The van der Waals surface area contributed by atoms with Crippen molar-refractivity contribution >= 4 is 22.8 Å². The summed E-state index contributed by atoms with van der Waals surface area (Å²) in [6.07, 6.45) is -8.79. The van der Waals surface area contributed by atoms with Crippen LogP contribution in [0.1, 0.15) is 44.1 Å². The molecule has 4 nitrogen and oxygen atoms in total. The molecule has 1 aromatic rings. The molecular formula is C10H5ClF5NO3. The van der Waals surface area contributed by atoms with E-state index in [4.69, 9.17) is 16.7 Å². The van der Waals surface area contributed by atoms with Crippen molar-refractivity contribution < 1.29 is 36.6 Å². The second kappa shape index (κ2) is 5.31. The summed E-state index contributed by atoms with van der Waals surface area (Å²) in [6.45, 7) is 0.780. The van der Waals surface area contributed by atoms with Gasteiger partial charge >= 0.3 is 12.1 Å². The molecule has 0 bridgehead atoms. The summed E-state index contributed by atoms with van der Waals surface area (Å²) in [5.74, 6) is -2.05. The number of aromatic carboxylic acids is 1. The van der Waals surface area contributed by atoms with Crippen molar-refractivity contribution in [3.63, 3.8) is 0 Å². The number of pyridine rings is 1. The second-order valence-corrected chi connectivity index (χ2v) is 3.94. The predicted octanol–water partition coefficient (Wildman–Crippen LogP) is 3.42. The minimum atomic E-state index is -5.27. The van der Waals surface area contributed by atoms with E-state index < -0.39 is 51.9 Å². The zero-order valence-electron chi connectivity index (χ0n) is 9.56. The monoisotopic (exact) mass is 317 g/mol. The van der Waals surface area contributed by atoms with Crippen LogP contribution in [-0.4, -0.2) is 21.3 Å². The summed E-state index contributed by atoms with van der Waals surface area (Å²) in [5, 5.41) is 7.25. The molecule has 0 aliphatic heterocycles. The summed E-state index contributed by atoms with van der Waals surface area (Å²) in [7, 11) is 0. The van der Waals surface area contributed by atoms with Gasteiger partial charge in [-0.2, -0.15) is 13.2 Å². The molecule has 0 amide bonds. The van der Waals surface area contributed by atoms with Crippen molar-refractivity contribution in [2.75, 3.05) is 0 Å². The first kappa shape index (κ1) is 16.3. The Labute approximate surface area is 113 Å². The van der Waals surface area contributed by atoms with Crippen molar-refractivity contribution in [3.05, 3.63) is 28.1 Å². The van der Waals surface area contributed by atoms with Crippen LogP contribution in [0.25, 0.3) is 0 Å². The number of carbonyl (C=O) groups excluding carboxylic acids is 1. The van der Waals surface area contributed by atoms with Crippen LogP contribution in [0.4, 0.5) is 22.0 Å². The number of hydrogen-bond donors (Lipinski definition) is 1. The fourth-order valence-electron chi connectivity index (χ4n) is 1.60. The van der Waals surface area contributed by atoms with Gasteiger partial charge in [-0.3, -0.25) is 4.79 Å². The van der Waals surface area contributed by atoms with E-state index in [0.29, 0.717) is 0 Å². The van der Waals surface area contributed by atoms with Crippen molar-refractivity contribution in [2.45, 2.75) is 19.5 Å². The van der Waals surface area contributed by atoms with E-state index in [1.807, 2.05) is 0 Å². The van der Waals surface area contributed by atoms with Gasteiger partial charge in [0.1, 0.15) is 5.69 Å². The number of halogens is 6. The number of aromatic nitrogens is 1. The highest BCUT2D eigenvalue weighted by Gasteiger charge is 2.41. The molecule has 20 heavy (non-hydrogen) atoms. The Morgan fingerprint density at radius 2 is 1.75 bits per heavy atom. The fraction of sp³-hybridized carbons (Fsp3) is 0.300. The lowest BCUT2D eigenvalue weighted by Crippen LogP contribution is -2.21. The lowest BCUT2D eigenvalue weighted by Gasteiger charge is -2.16. The third-order valence-corrected chi connectivity index (χ3v) is 2.55. The molecule has 0 radical (unpaired) electrons. The highest BCUT2D eigenvalue weighted by molar-refractivity contribution is 6.68. The van der Waals surface area contributed by atoms with Gasteiger partial charge in [-0.25, -0.2) is 18.6 Å². The van der Waals surface area contributed by atoms with Crippen molar-refractivity contribution in [3.8, 4) is 0 Å². The minimum Gasteiger partial charge on any atom is -0.478 e. The van der Waals surface area contributed by atoms with E-state index in [0.717, 1.165) is 6.92 Å². The number of alkyl halides is 5. The average Bonchev–Trinajstić information content (AvgIpc) is 2.24. The van der Waals surface area contributed by atoms with Crippen LogP contribution in [-0.2, 0) is 6.18 Å². The Morgan fingerprint density at radius 1 is 1.25 bits per heavy atom. The molecule has 0 spiro atoms. The smallest absolute Gasteiger partial charge is 0.434 e. The molecule has 0 unspecified atom stereocenters. The third kappa shape index (κ3) is 2.87. The van der Waals surface area contributed by atoms with E-state index in [1.54, 1.807) is 0 Å². The summed E-state index contributed by atoms with van der Waals surface area (Å²) >= 11 is 5.01. The highest BCUT2D eigenvalue weighted by atomic mass is 35.5. The molecular weight excluding hydrogens is 313 g/mol. The number of hydrogen-bond acceptors (Lipinski definition) is 3. The van der Waals surface area contributed by atoms with Gasteiger partial charge in [0.15, 0.2) is 5.69 Å². The SMILES string of the molecule is Cc1c(C(=O)Cl)c(C(F)F)nc(C(F)(F)F)c1C(=O)O. The summed E-state index contributed by atoms with van der Waals surface area (Å²) < 4.78 is 63.4. The number of carboxylic acid groups (broad SMARTS) is 1. The molecule has 0 atom stereocenters. The summed E-state index contributed by atoms with van der Waals surface area (Å²) in [6, 6.07) is 0. The van der Waals surface area contributed by atoms with Gasteiger partial charge in [0.05, 0.1) is 11.1 Å². The molecule has 0 aliphatic carbocycles. The first-order valence-corrected chi connectivity index (χ1v) is 5.19. The van der Waals surface area contributed by atoms with Gasteiger partial charge in [-0.15, -0.1) is 0 Å². The quantitative estimate of drug-likeness (QED) is 0.685. The maximum atomic E-state index is 12.7. The Kier molecular flexibility index (Phi) is 4.33. The number of carbonyl (C=O) groups is 2. The molecule has 1 N–H and O–H groups in total. The van der Waals surface area contributed by atoms with Crippen LogP contribution in [0.3, 0.4) is 0 Å². The number of carboxylic acids is 1. The molecule has 0 fully saturated rings. The van der Waals surface area contributed by atoms with Gasteiger partial charge in [0.2, 0.25) is 0 Å². The van der Waals surface area contributed by atoms with Crippen LogP contribution in [0.2, 0.25) is 0 Å². The van der Waals surface area contributed by atoms with E-state index in [2.05, 4.69) is 4.98 Å². The largest absolute Gasteiger partial charge is 0.478 e. The van der Waals surface area contributed by atoms with Crippen LogP contribution >= 0.6 is 11.6 Å².